The first kappa shape index (κ1) is 13.1. The zero-order valence-electron chi connectivity index (χ0n) is 12.2. The molecule has 1 aromatic heterocycles. The summed E-state index contributed by atoms with van der Waals surface area (Å²) in [7, 11) is 0. The van der Waals surface area contributed by atoms with Crippen molar-refractivity contribution in [1.29, 1.82) is 0 Å². The van der Waals surface area contributed by atoms with Crippen LogP contribution in [0.2, 0.25) is 0 Å². The molecule has 1 amide bonds. The molecule has 1 aliphatic carbocycles. The number of benzene rings is 2. The van der Waals surface area contributed by atoms with Gasteiger partial charge in [0.15, 0.2) is 0 Å². The molecule has 4 heteroatoms. The lowest BCUT2D eigenvalue weighted by molar-refractivity contribution is -0.122. The van der Waals surface area contributed by atoms with Gasteiger partial charge in [0.25, 0.3) is 0 Å². The number of carbonyl (C=O) groups excluding carboxylic acids is 1. The van der Waals surface area contributed by atoms with Gasteiger partial charge in [0.1, 0.15) is 5.82 Å². The molecule has 110 valence electrons. The van der Waals surface area contributed by atoms with Crippen LogP contribution in [0.5, 0.6) is 0 Å². The summed E-state index contributed by atoms with van der Waals surface area (Å²) in [6.45, 7) is 0. The number of carbonyl (C=O) groups is 1. The first-order valence-electron chi connectivity index (χ1n) is 7.66. The first-order valence-corrected chi connectivity index (χ1v) is 7.66. The minimum absolute atomic E-state index is 0.141. The van der Waals surface area contributed by atoms with Crippen LogP contribution in [0.25, 0.3) is 22.4 Å². The number of nitrogens with zero attached hydrogens (tertiary/aromatic N) is 1. The van der Waals surface area contributed by atoms with E-state index >= 15 is 0 Å². The minimum Gasteiger partial charge on any atom is -0.338 e. The van der Waals surface area contributed by atoms with E-state index in [1.807, 2.05) is 48.5 Å². The molecular weight excluding hydrogens is 274 g/mol. The normalized spacial score (nSPS) is 14.7. The number of nitrogens with one attached hydrogen (secondary N) is 2. The van der Waals surface area contributed by atoms with Crippen LogP contribution in [-0.2, 0) is 4.79 Å². The molecule has 0 aliphatic heterocycles. The molecule has 4 rings (SSSR count). The molecule has 0 atom stereocenters. The van der Waals surface area contributed by atoms with Crippen molar-refractivity contribution in [3.8, 4) is 11.4 Å². The quantitative estimate of drug-likeness (QED) is 0.767. The van der Waals surface area contributed by atoms with Crippen LogP contribution in [0.1, 0.15) is 19.3 Å². The third kappa shape index (κ3) is 2.37. The topological polar surface area (TPSA) is 57.8 Å². The third-order valence-corrected chi connectivity index (χ3v) is 4.29. The predicted molar refractivity (Wildman–Crippen MR) is 87.5 cm³/mol. The summed E-state index contributed by atoms with van der Waals surface area (Å²) in [5.74, 6) is 1.19. The van der Waals surface area contributed by atoms with Gasteiger partial charge >= 0.3 is 0 Å². The van der Waals surface area contributed by atoms with Crippen molar-refractivity contribution in [2.24, 2.45) is 5.92 Å². The summed E-state index contributed by atoms with van der Waals surface area (Å²) in [5.41, 5.74) is 3.84. The Morgan fingerprint density at radius 3 is 2.55 bits per heavy atom. The molecular formula is C18H17N3O. The molecule has 0 unspecified atom stereocenters. The maximum Gasteiger partial charge on any atom is 0.227 e. The number of anilines is 1. The number of H-pyrrole nitrogens is 1. The maximum atomic E-state index is 11.9. The number of fused-ring (bicyclic) bond motifs is 1. The molecule has 1 aliphatic rings. The fourth-order valence-corrected chi connectivity index (χ4v) is 2.72. The van der Waals surface area contributed by atoms with Gasteiger partial charge in [-0.1, -0.05) is 18.6 Å². The molecule has 2 N–H and O–H groups in total. The van der Waals surface area contributed by atoms with Gasteiger partial charge in [-0.3, -0.25) is 4.79 Å². The molecule has 4 nitrogen and oxygen atoms in total. The monoisotopic (exact) mass is 291 g/mol. The number of rotatable bonds is 3. The van der Waals surface area contributed by atoms with Crippen molar-refractivity contribution in [2.45, 2.75) is 19.3 Å². The van der Waals surface area contributed by atoms with Crippen molar-refractivity contribution in [1.82, 2.24) is 9.97 Å². The van der Waals surface area contributed by atoms with Gasteiger partial charge in [-0.25, -0.2) is 4.98 Å². The molecule has 0 saturated heterocycles. The third-order valence-electron chi connectivity index (χ3n) is 4.29. The van der Waals surface area contributed by atoms with Crippen molar-refractivity contribution in [2.75, 3.05) is 5.32 Å². The lowest BCUT2D eigenvalue weighted by Gasteiger charge is -2.24. The van der Waals surface area contributed by atoms with Crippen molar-refractivity contribution in [3.63, 3.8) is 0 Å². The fourth-order valence-electron chi connectivity index (χ4n) is 2.72. The summed E-state index contributed by atoms with van der Waals surface area (Å²) in [6.07, 6.45) is 3.20. The van der Waals surface area contributed by atoms with Gasteiger partial charge in [0.05, 0.1) is 11.0 Å². The second kappa shape index (κ2) is 5.30. The Kier molecular flexibility index (Phi) is 3.15. The Morgan fingerprint density at radius 2 is 1.86 bits per heavy atom. The van der Waals surface area contributed by atoms with Gasteiger partial charge in [-0.2, -0.15) is 0 Å². The number of hydrogen-bond donors (Lipinski definition) is 2. The van der Waals surface area contributed by atoms with E-state index in [4.69, 9.17) is 0 Å². The van der Waals surface area contributed by atoms with Crippen molar-refractivity contribution >= 4 is 22.6 Å². The van der Waals surface area contributed by atoms with E-state index in [0.717, 1.165) is 41.0 Å². The highest BCUT2D eigenvalue weighted by atomic mass is 16.1. The second-order valence-corrected chi connectivity index (χ2v) is 5.80. The lowest BCUT2D eigenvalue weighted by Crippen LogP contribution is -2.27. The van der Waals surface area contributed by atoms with Crippen LogP contribution in [0.15, 0.2) is 48.5 Å². The van der Waals surface area contributed by atoms with Gasteiger partial charge in [-0.05, 0) is 49.2 Å². The average Bonchev–Trinajstić information content (AvgIpc) is 2.90. The predicted octanol–water partition coefficient (Wildman–Crippen LogP) is 3.97. The van der Waals surface area contributed by atoms with Crippen LogP contribution in [-0.4, -0.2) is 15.9 Å². The Labute approximate surface area is 128 Å². The first-order chi connectivity index (χ1) is 10.8. The highest BCUT2D eigenvalue weighted by Gasteiger charge is 2.25. The summed E-state index contributed by atoms with van der Waals surface area (Å²) < 4.78 is 0. The second-order valence-electron chi connectivity index (χ2n) is 5.80. The largest absolute Gasteiger partial charge is 0.338 e. The van der Waals surface area contributed by atoms with E-state index in [1.54, 1.807) is 0 Å². The maximum absolute atomic E-state index is 11.9. The number of amides is 1. The van der Waals surface area contributed by atoms with Crippen molar-refractivity contribution < 1.29 is 4.79 Å². The molecule has 1 heterocycles. The standard InChI is InChI=1S/C18H17N3O/c22-18(13-4-3-5-13)19-14-10-8-12(9-11-14)17-20-15-6-1-2-7-16(15)21-17/h1-2,6-11,13H,3-5H2,(H,19,22)(H,20,21). The summed E-state index contributed by atoms with van der Waals surface area (Å²) in [4.78, 5) is 19.8. The summed E-state index contributed by atoms with van der Waals surface area (Å²) >= 11 is 0. The van der Waals surface area contributed by atoms with Gasteiger partial charge in [0.2, 0.25) is 5.91 Å². The van der Waals surface area contributed by atoms with Gasteiger partial charge < -0.3 is 10.3 Å². The van der Waals surface area contributed by atoms with Crippen LogP contribution in [0, 0.1) is 5.92 Å². The molecule has 1 fully saturated rings. The Balaban J connectivity index is 1.54. The Hall–Kier alpha value is -2.62. The lowest BCUT2D eigenvalue weighted by atomic mass is 9.85. The Bertz CT molecular complexity index is 783. The number of aromatic nitrogens is 2. The minimum atomic E-state index is 0.141. The number of imidazole rings is 1. The zero-order valence-corrected chi connectivity index (χ0v) is 12.2. The van der Waals surface area contributed by atoms with E-state index in [2.05, 4.69) is 15.3 Å². The Morgan fingerprint density at radius 1 is 1.09 bits per heavy atom. The number of hydrogen-bond acceptors (Lipinski definition) is 2. The van der Waals surface area contributed by atoms with Crippen LogP contribution in [0.4, 0.5) is 5.69 Å². The summed E-state index contributed by atoms with van der Waals surface area (Å²) in [6, 6.07) is 15.8. The molecule has 3 aromatic rings. The highest BCUT2D eigenvalue weighted by molar-refractivity contribution is 5.93. The number of para-hydroxylation sites is 2. The smallest absolute Gasteiger partial charge is 0.227 e. The van der Waals surface area contributed by atoms with E-state index in [-0.39, 0.29) is 11.8 Å². The molecule has 1 saturated carbocycles. The van der Waals surface area contributed by atoms with E-state index in [1.165, 1.54) is 6.42 Å². The van der Waals surface area contributed by atoms with Crippen LogP contribution >= 0.6 is 0 Å². The average molecular weight is 291 g/mol. The zero-order chi connectivity index (χ0) is 14.9. The SMILES string of the molecule is O=C(Nc1ccc(-c2nc3ccccc3[nH]2)cc1)C1CCC1. The molecule has 2 aromatic carbocycles. The van der Waals surface area contributed by atoms with Crippen molar-refractivity contribution in [3.05, 3.63) is 48.5 Å². The van der Waals surface area contributed by atoms with E-state index in [0.29, 0.717) is 0 Å². The molecule has 0 spiro atoms. The van der Waals surface area contributed by atoms with E-state index in [9.17, 15) is 4.79 Å². The van der Waals surface area contributed by atoms with Crippen LogP contribution in [0.3, 0.4) is 0 Å². The van der Waals surface area contributed by atoms with E-state index < -0.39 is 0 Å². The fraction of sp³-hybridized carbons (Fsp3) is 0.222. The molecule has 22 heavy (non-hydrogen) atoms. The number of aromatic amines is 1. The molecule has 0 bridgehead atoms. The molecule has 0 radical (unpaired) electrons. The van der Waals surface area contributed by atoms with Gasteiger partial charge in [-0.15, -0.1) is 0 Å². The van der Waals surface area contributed by atoms with Crippen LogP contribution < -0.4 is 5.32 Å². The summed E-state index contributed by atoms with van der Waals surface area (Å²) in [5, 5.41) is 2.98. The van der Waals surface area contributed by atoms with Gasteiger partial charge in [0, 0.05) is 17.2 Å². The highest BCUT2D eigenvalue weighted by Crippen LogP contribution is 2.28.